The summed E-state index contributed by atoms with van der Waals surface area (Å²) >= 11 is 0. The number of hydrogen-bond acceptors (Lipinski definition) is 3. The molecule has 6 nitrogen and oxygen atoms in total. The Morgan fingerprint density at radius 2 is 1.71 bits per heavy atom. The van der Waals surface area contributed by atoms with E-state index in [0.717, 1.165) is 0 Å². The predicted molar refractivity (Wildman–Crippen MR) is 68.9 cm³/mol. The number of hydrogen-bond donors (Lipinski definition) is 3. The first kappa shape index (κ1) is 16.5. The van der Waals surface area contributed by atoms with E-state index in [4.69, 9.17) is 5.11 Å². The zero-order valence-corrected chi connectivity index (χ0v) is 11.4. The first-order valence-electron chi connectivity index (χ1n) is 6.08. The summed E-state index contributed by atoms with van der Waals surface area (Å²) in [6.07, 6.45) is 0. The molecule has 21 heavy (non-hydrogen) atoms. The summed E-state index contributed by atoms with van der Waals surface area (Å²) in [5.41, 5.74) is -1.24. The van der Waals surface area contributed by atoms with Crippen molar-refractivity contribution >= 4 is 17.8 Å². The summed E-state index contributed by atoms with van der Waals surface area (Å²) in [7, 11) is 0. The van der Waals surface area contributed by atoms with Crippen LogP contribution >= 0.6 is 0 Å². The largest absolute Gasteiger partial charge is 0.478 e. The second-order valence-corrected chi connectivity index (χ2v) is 4.21. The molecular formula is C13H14F2N2O4. The van der Waals surface area contributed by atoms with Crippen LogP contribution in [0, 0.1) is 11.6 Å². The van der Waals surface area contributed by atoms with Crippen LogP contribution in [0.15, 0.2) is 12.1 Å². The summed E-state index contributed by atoms with van der Waals surface area (Å²) in [5, 5.41) is 13.6. The molecule has 0 fully saturated rings. The molecule has 0 aromatic heterocycles. The van der Waals surface area contributed by atoms with Crippen LogP contribution < -0.4 is 10.6 Å². The van der Waals surface area contributed by atoms with E-state index in [0.29, 0.717) is 18.7 Å². The molecule has 0 saturated carbocycles. The Morgan fingerprint density at radius 3 is 2.19 bits per heavy atom. The highest BCUT2D eigenvalue weighted by molar-refractivity contribution is 6.06. The van der Waals surface area contributed by atoms with Gasteiger partial charge in [0.25, 0.3) is 5.91 Å². The van der Waals surface area contributed by atoms with Crippen LogP contribution in [0.4, 0.5) is 8.78 Å². The third-order valence-electron chi connectivity index (χ3n) is 2.63. The number of carbonyl (C=O) groups excluding carboxylic acids is 2. The predicted octanol–water partition coefficient (Wildman–Crippen LogP) is 0.917. The van der Waals surface area contributed by atoms with Crippen molar-refractivity contribution in [2.75, 3.05) is 6.54 Å². The minimum Gasteiger partial charge on any atom is -0.478 e. The topological polar surface area (TPSA) is 95.5 Å². The Balaban J connectivity index is 3.04. The second-order valence-electron chi connectivity index (χ2n) is 4.21. The summed E-state index contributed by atoms with van der Waals surface area (Å²) in [4.78, 5) is 34.3. The van der Waals surface area contributed by atoms with Crippen LogP contribution in [0.1, 0.15) is 34.6 Å². The zero-order chi connectivity index (χ0) is 16.2. The Kier molecular flexibility index (Phi) is 5.34. The number of aromatic carboxylic acids is 1. The van der Waals surface area contributed by atoms with Gasteiger partial charge >= 0.3 is 5.97 Å². The summed E-state index contributed by atoms with van der Waals surface area (Å²) in [6, 6.07) is -0.0470. The molecule has 3 N–H and O–H groups in total. The van der Waals surface area contributed by atoms with Gasteiger partial charge in [0.05, 0.1) is 11.1 Å². The van der Waals surface area contributed by atoms with E-state index in [1.165, 1.54) is 6.92 Å². The smallest absolute Gasteiger partial charge is 0.336 e. The molecule has 1 unspecified atom stereocenters. The quantitative estimate of drug-likeness (QED) is 0.753. The van der Waals surface area contributed by atoms with Gasteiger partial charge in [0, 0.05) is 6.54 Å². The lowest BCUT2D eigenvalue weighted by atomic mass is 10.1. The second kappa shape index (κ2) is 6.78. The van der Waals surface area contributed by atoms with Crippen LogP contribution in [0.25, 0.3) is 0 Å². The van der Waals surface area contributed by atoms with Crippen LogP contribution in [0.5, 0.6) is 0 Å². The Hall–Kier alpha value is -2.51. The maximum absolute atomic E-state index is 13.2. The van der Waals surface area contributed by atoms with Crippen LogP contribution in [-0.4, -0.2) is 35.5 Å². The highest BCUT2D eigenvalue weighted by Crippen LogP contribution is 2.15. The third kappa shape index (κ3) is 3.98. The molecule has 1 aromatic carbocycles. The Bertz CT molecular complexity index is 590. The van der Waals surface area contributed by atoms with Gasteiger partial charge in [0.2, 0.25) is 5.91 Å². The normalized spacial score (nSPS) is 11.6. The maximum atomic E-state index is 13.2. The molecule has 0 spiro atoms. The number of likely N-dealkylation sites (N-methyl/N-ethyl adjacent to an activating group) is 1. The molecule has 0 bridgehead atoms. The van der Waals surface area contributed by atoms with E-state index in [1.807, 2.05) is 0 Å². The molecule has 1 atom stereocenters. The SMILES string of the molecule is CCNC(=O)C(C)NC(=O)c1cc(F)c(F)cc1C(=O)O. The van der Waals surface area contributed by atoms with E-state index >= 15 is 0 Å². The summed E-state index contributed by atoms with van der Waals surface area (Å²) < 4.78 is 26.2. The molecule has 0 aliphatic rings. The van der Waals surface area contributed by atoms with E-state index in [2.05, 4.69) is 10.6 Å². The van der Waals surface area contributed by atoms with Gasteiger partial charge in [0.15, 0.2) is 11.6 Å². The van der Waals surface area contributed by atoms with E-state index in [1.54, 1.807) is 6.92 Å². The minimum absolute atomic E-state index is 0.352. The highest BCUT2D eigenvalue weighted by Gasteiger charge is 2.23. The van der Waals surface area contributed by atoms with Crippen LogP contribution in [0.2, 0.25) is 0 Å². The maximum Gasteiger partial charge on any atom is 0.336 e. The average Bonchev–Trinajstić information content (AvgIpc) is 2.41. The molecule has 8 heteroatoms. The van der Waals surface area contributed by atoms with Gasteiger partial charge in [-0.25, -0.2) is 13.6 Å². The lowest BCUT2D eigenvalue weighted by Gasteiger charge is -2.14. The number of carboxylic acids is 1. The fraction of sp³-hybridized carbons (Fsp3) is 0.308. The van der Waals surface area contributed by atoms with Crippen molar-refractivity contribution in [2.24, 2.45) is 0 Å². The molecule has 114 valence electrons. The number of carbonyl (C=O) groups is 3. The van der Waals surface area contributed by atoms with Crippen LogP contribution in [0.3, 0.4) is 0 Å². The number of rotatable bonds is 5. The van der Waals surface area contributed by atoms with Crippen molar-refractivity contribution in [3.8, 4) is 0 Å². The monoisotopic (exact) mass is 300 g/mol. The molecule has 1 aromatic rings. The molecule has 0 saturated heterocycles. The van der Waals surface area contributed by atoms with Crippen molar-refractivity contribution in [1.29, 1.82) is 0 Å². The third-order valence-corrected chi connectivity index (χ3v) is 2.63. The molecule has 0 heterocycles. The molecule has 2 amide bonds. The molecular weight excluding hydrogens is 286 g/mol. The van der Waals surface area contributed by atoms with E-state index in [-0.39, 0.29) is 0 Å². The van der Waals surface area contributed by atoms with Crippen molar-refractivity contribution in [2.45, 2.75) is 19.9 Å². The summed E-state index contributed by atoms with van der Waals surface area (Å²) in [6.45, 7) is 3.41. The Morgan fingerprint density at radius 1 is 1.19 bits per heavy atom. The van der Waals surface area contributed by atoms with Crippen molar-refractivity contribution in [1.82, 2.24) is 10.6 Å². The van der Waals surface area contributed by atoms with Gasteiger partial charge in [-0.2, -0.15) is 0 Å². The van der Waals surface area contributed by atoms with Crippen molar-refractivity contribution < 1.29 is 28.3 Å². The van der Waals surface area contributed by atoms with Crippen molar-refractivity contribution in [3.05, 3.63) is 34.9 Å². The van der Waals surface area contributed by atoms with Crippen LogP contribution in [-0.2, 0) is 4.79 Å². The highest BCUT2D eigenvalue weighted by atomic mass is 19.2. The fourth-order valence-corrected chi connectivity index (χ4v) is 1.58. The summed E-state index contributed by atoms with van der Waals surface area (Å²) in [5.74, 6) is -5.77. The number of amides is 2. The minimum atomic E-state index is -1.58. The number of carboxylic acid groups (broad SMARTS) is 1. The van der Waals surface area contributed by atoms with Gasteiger partial charge in [0.1, 0.15) is 6.04 Å². The molecule has 1 rings (SSSR count). The average molecular weight is 300 g/mol. The lowest BCUT2D eigenvalue weighted by molar-refractivity contribution is -0.122. The molecule has 0 aliphatic carbocycles. The standard InChI is InChI=1S/C13H14F2N2O4/c1-3-16-11(18)6(2)17-12(19)7-4-9(14)10(15)5-8(7)13(20)21/h4-6H,3H2,1-2H3,(H,16,18)(H,17,19)(H,20,21). The molecule has 0 aliphatic heterocycles. The van der Waals surface area contributed by atoms with E-state index < -0.39 is 46.6 Å². The van der Waals surface area contributed by atoms with E-state index in [9.17, 15) is 23.2 Å². The lowest BCUT2D eigenvalue weighted by Crippen LogP contribution is -2.45. The van der Waals surface area contributed by atoms with Gasteiger partial charge in [-0.3, -0.25) is 9.59 Å². The number of benzene rings is 1. The van der Waals surface area contributed by atoms with Gasteiger partial charge < -0.3 is 15.7 Å². The first-order chi connectivity index (χ1) is 9.77. The Labute approximate surface area is 119 Å². The van der Waals surface area contributed by atoms with Gasteiger partial charge in [-0.05, 0) is 26.0 Å². The zero-order valence-electron chi connectivity index (χ0n) is 11.4. The number of halogens is 2. The first-order valence-corrected chi connectivity index (χ1v) is 6.08. The molecule has 0 radical (unpaired) electrons. The van der Waals surface area contributed by atoms with Gasteiger partial charge in [-0.1, -0.05) is 0 Å². The van der Waals surface area contributed by atoms with Gasteiger partial charge in [-0.15, -0.1) is 0 Å². The van der Waals surface area contributed by atoms with Crippen molar-refractivity contribution in [3.63, 3.8) is 0 Å². The fourth-order valence-electron chi connectivity index (χ4n) is 1.58. The number of nitrogens with one attached hydrogen (secondary N) is 2.